The Balaban J connectivity index is 1.55. The van der Waals surface area contributed by atoms with Crippen LogP contribution in [0, 0.1) is 5.82 Å². The fraction of sp³-hybridized carbons (Fsp3) is 0.444. The number of hydrogen-bond acceptors (Lipinski definition) is 10. The number of halogens is 2. The van der Waals surface area contributed by atoms with Crippen molar-refractivity contribution in [3.8, 4) is 0 Å². The highest BCUT2D eigenvalue weighted by atomic mass is 35.5. The van der Waals surface area contributed by atoms with Gasteiger partial charge in [-0.2, -0.15) is 0 Å². The maximum atomic E-state index is 13.5. The van der Waals surface area contributed by atoms with Crippen LogP contribution in [0.2, 0.25) is 5.02 Å². The molecule has 2 aliphatic rings. The number of aliphatic hydroxyl groups excluding tert-OH is 2. The average molecular weight is 534 g/mol. The number of nitrogens with zero attached hydrogens (tertiary/aromatic N) is 4. The van der Waals surface area contributed by atoms with Crippen molar-refractivity contribution in [3.05, 3.63) is 78.1 Å². The van der Waals surface area contributed by atoms with Crippen LogP contribution < -0.4 is 11.2 Å². The molecule has 2 aromatic rings. The Hall–Kier alpha value is -2.58. The first-order valence-corrected chi connectivity index (χ1v) is 11.9. The Morgan fingerprint density at radius 2 is 2.17 bits per heavy atom. The van der Waals surface area contributed by atoms with E-state index in [4.69, 9.17) is 35.4 Å². The van der Waals surface area contributed by atoms with Gasteiger partial charge in [0.15, 0.2) is 6.23 Å². The summed E-state index contributed by atoms with van der Waals surface area (Å²) >= 11 is 5.80. The molecule has 3 heterocycles. The van der Waals surface area contributed by atoms with Crippen LogP contribution in [-0.2, 0) is 22.9 Å². The van der Waals surface area contributed by atoms with Gasteiger partial charge in [-0.25, -0.2) is 13.8 Å². The molecule has 188 valence electrons. The number of nitrogens with one attached hydrogen (secondary N) is 1. The molecule has 1 aromatic heterocycles. The Labute approximate surface area is 200 Å². The van der Waals surface area contributed by atoms with Crippen molar-refractivity contribution in [2.75, 3.05) is 13.2 Å². The zero-order valence-electron chi connectivity index (χ0n) is 17.6. The summed E-state index contributed by atoms with van der Waals surface area (Å²) in [6.07, 6.45) is -5.00. The predicted octanol–water partition coefficient (Wildman–Crippen LogP) is 1.89. The summed E-state index contributed by atoms with van der Waals surface area (Å²) in [6.45, 7) is -1.01. The van der Waals surface area contributed by atoms with Gasteiger partial charge in [0.1, 0.15) is 18.0 Å². The number of rotatable bonds is 6. The second kappa shape index (κ2) is 9.82. The molecular weight excluding hydrogens is 516 g/mol. The topological polar surface area (TPSA) is 198 Å². The van der Waals surface area contributed by atoms with Crippen molar-refractivity contribution < 1.29 is 37.5 Å². The molecule has 2 aliphatic heterocycles. The number of aliphatic hydroxyl groups is 2. The van der Waals surface area contributed by atoms with Crippen LogP contribution in [0.4, 0.5) is 4.39 Å². The molecule has 14 nitrogen and oxygen atoms in total. The van der Waals surface area contributed by atoms with E-state index in [0.717, 1.165) is 22.9 Å². The first-order chi connectivity index (χ1) is 16.6. The normalized spacial score (nSPS) is 32.8. The van der Waals surface area contributed by atoms with Gasteiger partial charge in [-0.1, -0.05) is 22.8 Å². The van der Waals surface area contributed by atoms with Gasteiger partial charge >= 0.3 is 13.5 Å². The summed E-state index contributed by atoms with van der Waals surface area (Å²) in [5.74, 6) is -0.653. The monoisotopic (exact) mass is 533 g/mol. The van der Waals surface area contributed by atoms with E-state index in [0.29, 0.717) is 5.56 Å². The van der Waals surface area contributed by atoms with E-state index >= 15 is 0 Å². The molecular formula is C18H18ClFN5O9P. The Morgan fingerprint density at radius 1 is 1.40 bits per heavy atom. The molecule has 0 radical (unpaired) electrons. The third-order valence-electron chi connectivity index (χ3n) is 5.37. The number of azide groups is 1. The highest BCUT2D eigenvalue weighted by Crippen LogP contribution is 2.58. The van der Waals surface area contributed by atoms with Crippen molar-refractivity contribution in [2.24, 2.45) is 5.11 Å². The van der Waals surface area contributed by atoms with Crippen LogP contribution >= 0.6 is 19.4 Å². The minimum Gasteiger partial charge on any atom is -0.387 e. The number of aromatic nitrogens is 2. The van der Waals surface area contributed by atoms with Crippen LogP contribution in [0.15, 0.2) is 45.2 Å². The zero-order valence-corrected chi connectivity index (χ0v) is 19.2. The van der Waals surface area contributed by atoms with Crippen molar-refractivity contribution in [1.82, 2.24) is 9.55 Å². The summed E-state index contributed by atoms with van der Waals surface area (Å²) < 4.78 is 48.7. The number of hydrogen-bond donors (Lipinski definition) is 3. The van der Waals surface area contributed by atoms with Crippen molar-refractivity contribution >= 4 is 19.4 Å². The van der Waals surface area contributed by atoms with Gasteiger partial charge in [0.25, 0.3) is 5.56 Å². The number of ether oxygens (including phenoxy) is 1. The molecule has 2 saturated heterocycles. The van der Waals surface area contributed by atoms with Gasteiger partial charge in [0.2, 0.25) is 5.72 Å². The van der Waals surface area contributed by atoms with E-state index in [1.807, 2.05) is 4.98 Å². The summed E-state index contributed by atoms with van der Waals surface area (Å²) in [6, 6.07) is 4.76. The van der Waals surface area contributed by atoms with Gasteiger partial charge in [-0.15, -0.1) is 0 Å². The molecule has 2 fully saturated rings. The lowest BCUT2D eigenvalue weighted by molar-refractivity contribution is -0.127. The molecule has 3 N–H and O–H groups in total. The summed E-state index contributed by atoms with van der Waals surface area (Å²) in [4.78, 5) is 28.0. The molecule has 0 aliphatic carbocycles. The lowest BCUT2D eigenvalue weighted by Gasteiger charge is -2.32. The molecule has 1 aromatic carbocycles. The van der Waals surface area contributed by atoms with Gasteiger partial charge in [0, 0.05) is 23.6 Å². The maximum absolute atomic E-state index is 13.5. The SMILES string of the molecule is [N-]=[N+]=N[C@]1(COP2(=O)OCC[C@@H](c3ccc(F)c(Cl)c3)O2)O[C@@H](n2ccc(=O)[nH]c2=O)[C@H](O)[C@@H]1O. The molecule has 0 spiro atoms. The van der Waals surface area contributed by atoms with Gasteiger partial charge < -0.3 is 14.9 Å². The van der Waals surface area contributed by atoms with E-state index in [-0.39, 0.29) is 18.1 Å². The van der Waals surface area contributed by atoms with Crippen LogP contribution in [0.1, 0.15) is 24.3 Å². The van der Waals surface area contributed by atoms with E-state index in [1.54, 1.807) is 0 Å². The Morgan fingerprint density at radius 3 is 2.86 bits per heavy atom. The van der Waals surface area contributed by atoms with Gasteiger partial charge in [-0.05, 0) is 23.2 Å². The molecule has 0 amide bonds. The fourth-order valence-corrected chi connectivity index (χ4v) is 5.21. The first-order valence-electron chi connectivity index (χ1n) is 10.0. The minimum absolute atomic E-state index is 0.0904. The molecule has 4 rings (SSSR count). The largest absolute Gasteiger partial charge is 0.475 e. The standard InChI is InChI=1S/C18H18ClFN5O9P/c19-10-7-9(1-2-11(10)20)12-4-6-31-35(30,34-12)32-8-18(23-24-21)15(28)14(27)16(33-18)25-5-3-13(26)22-17(25)29/h1-3,5,7,12,14-16,27-28H,4,6,8H2,(H,22,26,29)/t12-,14+,15-,16+,18+,35?/m0/s1. The smallest absolute Gasteiger partial charge is 0.387 e. The number of H-pyrrole nitrogens is 1. The maximum Gasteiger partial charge on any atom is 0.475 e. The van der Waals surface area contributed by atoms with Crippen LogP contribution in [0.25, 0.3) is 10.4 Å². The molecule has 1 unspecified atom stereocenters. The zero-order chi connectivity index (χ0) is 25.4. The highest BCUT2D eigenvalue weighted by Gasteiger charge is 2.56. The summed E-state index contributed by atoms with van der Waals surface area (Å²) in [7, 11) is -4.34. The second-order valence-electron chi connectivity index (χ2n) is 7.61. The van der Waals surface area contributed by atoms with Crippen LogP contribution in [0.5, 0.6) is 0 Å². The van der Waals surface area contributed by atoms with Crippen molar-refractivity contribution in [3.63, 3.8) is 0 Å². The second-order valence-corrected chi connectivity index (χ2v) is 9.63. The quantitative estimate of drug-likeness (QED) is 0.215. The first kappa shape index (κ1) is 25.5. The molecule has 0 bridgehead atoms. The van der Waals surface area contributed by atoms with E-state index < -0.39 is 61.8 Å². The molecule has 17 heteroatoms. The molecule has 0 saturated carbocycles. The van der Waals surface area contributed by atoms with Gasteiger partial charge in [-0.3, -0.25) is 27.9 Å². The fourth-order valence-electron chi connectivity index (χ4n) is 3.62. The van der Waals surface area contributed by atoms with Crippen molar-refractivity contribution in [1.29, 1.82) is 0 Å². The third kappa shape index (κ3) is 5.05. The lowest BCUT2D eigenvalue weighted by atomic mass is 10.1. The molecule has 6 atom stereocenters. The van der Waals surface area contributed by atoms with Crippen molar-refractivity contribution in [2.45, 2.75) is 36.7 Å². The van der Waals surface area contributed by atoms with E-state index in [9.17, 15) is 28.8 Å². The Bertz CT molecular complexity index is 1330. The lowest BCUT2D eigenvalue weighted by Crippen LogP contribution is -2.45. The van der Waals surface area contributed by atoms with Gasteiger partial charge in [0.05, 0.1) is 24.3 Å². The predicted molar refractivity (Wildman–Crippen MR) is 115 cm³/mol. The van der Waals surface area contributed by atoms with Crippen LogP contribution in [0.3, 0.4) is 0 Å². The minimum atomic E-state index is -4.34. The Kier molecular flexibility index (Phi) is 7.16. The summed E-state index contributed by atoms with van der Waals surface area (Å²) in [5, 5.41) is 24.3. The number of phosphoric acid groups is 1. The summed E-state index contributed by atoms with van der Waals surface area (Å²) in [5.41, 5.74) is 5.38. The van der Waals surface area contributed by atoms with E-state index in [2.05, 4.69) is 10.0 Å². The number of phosphoric ester groups is 1. The average Bonchev–Trinajstić information content (AvgIpc) is 3.05. The molecule has 35 heavy (non-hydrogen) atoms. The highest BCUT2D eigenvalue weighted by molar-refractivity contribution is 7.48. The number of aromatic amines is 1. The third-order valence-corrected chi connectivity index (χ3v) is 7.12. The van der Waals surface area contributed by atoms with Crippen LogP contribution in [-0.4, -0.2) is 50.9 Å². The number of benzene rings is 1. The van der Waals surface area contributed by atoms with E-state index in [1.165, 1.54) is 12.1 Å².